The minimum atomic E-state index is -0.763. The van der Waals surface area contributed by atoms with Crippen LogP contribution in [0.5, 0.6) is 0 Å². The third kappa shape index (κ3) is 3.44. The summed E-state index contributed by atoms with van der Waals surface area (Å²) in [6, 6.07) is -0.409. The van der Waals surface area contributed by atoms with Gasteiger partial charge in [-0.3, -0.25) is 9.69 Å². The molecule has 1 saturated heterocycles. The number of halogens is 1. The highest BCUT2D eigenvalue weighted by Crippen LogP contribution is 2.13. The fraction of sp³-hybridized carbons (Fsp3) is 0.889. The number of morpholine rings is 1. The summed E-state index contributed by atoms with van der Waals surface area (Å²) < 4.78 is 5.51. The Hall–Kier alpha value is -0.320. The van der Waals surface area contributed by atoms with E-state index in [2.05, 4.69) is 0 Å². The summed E-state index contributed by atoms with van der Waals surface area (Å²) in [5.74, 6) is -0.763. The van der Waals surface area contributed by atoms with Crippen LogP contribution in [0.15, 0.2) is 0 Å². The average Bonchev–Trinajstić information content (AvgIpc) is 2.01. The van der Waals surface area contributed by atoms with Crippen LogP contribution in [0.2, 0.25) is 0 Å². The van der Waals surface area contributed by atoms with Gasteiger partial charge in [-0.1, -0.05) is 0 Å². The molecule has 14 heavy (non-hydrogen) atoms. The Morgan fingerprint density at radius 2 is 1.86 bits per heavy atom. The molecule has 1 aliphatic heterocycles. The quantitative estimate of drug-likeness (QED) is 0.759. The zero-order valence-corrected chi connectivity index (χ0v) is 9.58. The van der Waals surface area contributed by atoms with Crippen molar-refractivity contribution in [2.75, 3.05) is 13.1 Å². The summed E-state index contributed by atoms with van der Waals surface area (Å²) in [6.45, 7) is 7.07. The smallest absolute Gasteiger partial charge is 0.320 e. The first-order valence-electron chi connectivity index (χ1n) is 4.63. The molecule has 0 bridgehead atoms. The molecule has 0 aromatic heterocycles. The van der Waals surface area contributed by atoms with E-state index in [9.17, 15) is 4.79 Å². The molecule has 1 aliphatic rings. The van der Waals surface area contributed by atoms with Gasteiger partial charge in [0.1, 0.15) is 6.04 Å². The zero-order valence-electron chi connectivity index (χ0n) is 8.77. The van der Waals surface area contributed by atoms with Crippen LogP contribution in [-0.2, 0) is 9.53 Å². The molecule has 0 saturated carbocycles. The van der Waals surface area contributed by atoms with E-state index in [0.29, 0.717) is 13.1 Å². The molecule has 3 atom stereocenters. The van der Waals surface area contributed by atoms with E-state index < -0.39 is 12.0 Å². The average molecular weight is 224 g/mol. The normalized spacial score (nSPS) is 30.5. The first-order valence-corrected chi connectivity index (χ1v) is 4.63. The molecule has 84 valence electrons. The summed E-state index contributed by atoms with van der Waals surface area (Å²) in [6.07, 6.45) is 0.260. The molecule has 0 aliphatic carbocycles. The molecule has 4 nitrogen and oxygen atoms in total. The van der Waals surface area contributed by atoms with E-state index >= 15 is 0 Å². The molecule has 1 N–H and O–H groups in total. The summed E-state index contributed by atoms with van der Waals surface area (Å²) >= 11 is 0. The van der Waals surface area contributed by atoms with E-state index in [4.69, 9.17) is 9.84 Å². The Balaban J connectivity index is 0.00000169. The Morgan fingerprint density at radius 1 is 1.43 bits per heavy atom. The van der Waals surface area contributed by atoms with Gasteiger partial charge in [-0.05, 0) is 20.8 Å². The van der Waals surface area contributed by atoms with E-state index in [1.165, 1.54) is 0 Å². The number of carbonyl (C=O) groups is 1. The molecule has 0 radical (unpaired) electrons. The lowest BCUT2D eigenvalue weighted by Gasteiger charge is -2.37. The van der Waals surface area contributed by atoms with E-state index in [1.807, 2.05) is 18.7 Å². The van der Waals surface area contributed by atoms with Crippen LogP contribution in [0.1, 0.15) is 20.8 Å². The predicted octanol–water partition coefficient (Wildman–Crippen LogP) is 0.991. The van der Waals surface area contributed by atoms with Crippen molar-refractivity contribution >= 4 is 18.4 Å². The van der Waals surface area contributed by atoms with Gasteiger partial charge >= 0.3 is 5.97 Å². The Morgan fingerprint density at radius 3 is 2.21 bits per heavy atom. The number of rotatable bonds is 2. The zero-order chi connectivity index (χ0) is 10.0. The Kier molecular flexibility index (Phi) is 5.41. The van der Waals surface area contributed by atoms with Crippen LogP contribution in [-0.4, -0.2) is 47.3 Å². The minimum absolute atomic E-state index is 0. The van der Waals surface area contributed by atoms with Crippen molar-refractivity contribution in [1.82, 2.24) is 4.90 Å². The van der Waals surface area contributed by atoms with Gasteiger partial charge in [-0.2, -0.15) is 0 Å². The molecular weight excluding hydrogens is 206 g/mol. The van der Waals surface area contributed by atoms with E-state index in [1.54, 1.807) is 6.92 Å². The third-order valence-electron chi connectivity index (χ3n) is 2.35. The van der Waals surface area contributed by atoms with Crippen molar-refractivity contribution in [3.8, 4) is 0 Å². The van der Waals surface area contributed by atoms with Gasteiger partial charge in [0.25, 0.3) is 0 Å². The highest BCUT2D eigenvalue weighted by Gasteiger charge is 2.28. The van der Waals surface area contributed by atoms with Crippen LogP contribution in [0, 0.1) is 0 Å². The largest absolute Gasteiger partial charge is 0.480 e. The van der Waals surface area contributed by atoms with Crippen LogP contribution in [0.3, 0.4) is 0 Å². The SMILES string of the molecule is CC1CN(C(C)C(=O)O)CC(C)O1.Cl. The second-order valence-corrected chi connectivity index (χ2v) is 3.73. The molecule has 0 spiro atoms. The number of carboxylic acids is 1. The molecule has 0 amide bonds. The van der Waals surface area contributed by atoms with Crippen LogP contribution >= 0.6 is 12.4 Å². The van der Waals surface area contributed by atoms with Gasteiger partial charge in [0.15, 0.2) is 0 Å². The van der Waals surface area contributed by atoms with Crippen LogP contribution < -0.4 is 0 Å². The molecule has 1 heterocycles. The van der Waals surface area contributed by atoms with E-state index in [0.717, 1.165) is 0 Å². The molecule has 1 rings (SSSR count). The first-order chi connectivity index (χ1) is 6.00. The van der Waals surface area contributed by atoms with E-state index in [-0.39, 0.29) is 24.6 Å². The van der Waals surface area contributed by atoms with Gasteiger partial charge in [-0.15, -0.1) is 12.4 Å². The number of nitrogens with zero attached hydrogens (tertiary/aromatic N) is 1. The van der Waals surface area contributed by atoms with Crippen molar-refractivity contribution in [3.63, 3.8) is 0 Å². The summed E-state index contributed by atoms with van der Waals surface area (Å²) in [5.41, 5.74) is 0. The fourth-order valence-corrected chi connectivity index (χ4v) is 1.69. The lowest BCUT2D eigenvalue weighted by molar-refractivity contribution is -0.147. The van der Waals surface area contributed by atoms with Crippen molar-refractivity contribution in [3.05, 3.63) is 0 Å². The standard InChI is InChI=1S/C9H17NO3.ClH/c1-6-4-10(5-7(2)13-6)8(3)9(11)12;/h6-8H,4-5H2,1-3H3,(H,11,12);1H. The highest BCUT2D eigenvalue weighted by molar-refractivity contribution is 5.85. The number of carboxylic acid groups (broad SMARTS) is 1. The van der Waals surface area contributed by atoms with Crippen LogP contribution in [0.25, 0.3) is 0 Å². The summed E-state index contributed by atoms with van der Waals surface area (Å²) in [4.78, 5) is 12.7. The molecule has 0 aromatic rings. The van der Waals surface area contributed by atoms with Gasteiger partial charge in [0, 0.05) is 13.1 Å². The topological polar surface area (TPSA) is 49.8 Å². The molecule has 3 unspecified atom stereocenters. The molecular formula is C9H18ClNO3. The minimum Gasteiger partial charge on any atom is -0.480 e. The maximum absolute atomic E-state index is 10.7. The lowest BCUT2D eigenvalue weighted by atomic mass is 10.2. The number of hydrogen-bond donors (Lipinski definition) is 1. The summed E-state index contributed by atoms with van der Waals surface area (Å²) in [7, 11) is 0. The number of hydrogen-bond acceptors (Lipinski definition) is 3. The van der Waals surface area contributed by atoms with Gasteiger partial charge in [0.2, 0.25) is 0 Å². The highest BCUT2D eigenvalue weighted by atomic mass is 35.5. The predicted molar refractivity (Wildman–Crippen MR) is 55.9 cm³/mol. The Bertz CT molecular complexity index is 190. The number of ether oxygens (including phenoxy) is 1. The number of aliphatic carboxylic acids is 1. The van der Waals surface area contributed by atoms with Crippen molar-refractivity contribution in [2.24, 2.45) is 0 Å². The van der Waals surface area contributed by atoms with Gasteiger partial charge in [-0.25, -0.2) is 0 Å². The van der Waals surface area contributed by atoms with Crippen molar-refractivity contribution < 1.29 is 14.6 Å². The lowest BCUT2D eigenvalue weighted by Crippen LogP contribution is -2.51. The Labute approximate surface area is 90.6 Å². The molecule has 1 fully saturated rings. The monoisotopic (exact) mass is 223 g/mol. The molecule has 0 aromatic carbocycles. The van der Waals surface area contributed by atoms with Gasteiger partial charge in [0.05, 0.1) is 12.2 Å². The second-order valence-electron chi connectivity index (χ2n) is 3.73. The van der Waals surface area contributed by atoms with Crippen molar-refractivity contribution in [2.45, 2.75) is 39.0 Å². The van der Waals surface area contributed by atoms with Crippen molar-refractivity contribution in [1.29, 1.82) is 0 Å². The summed E-state index contributed by atoms with van der Waals surface area (Å²) in [5, 5.41) is 8.82. The second kappa shape index (κ2) is 5.53. The molecule has 5 heteroatoms. The first kappa shape index (κ1) is 13.7. The maximum atomic E-state index is 10.7. The van der Waals surface area contributed by atoms with Gasteiger partial charge < -0.3 is 9.84 Å². The third-order valence-corrected chi connectivity index (χ3v) is 2.35. The fourth-order valence-electron chi connectivity index (χ4n) is 1.69. The van der Waals surface area contributed by atoms with Crippen LogP contribution in [0.4, 0.5) is 0 Å². The maximum Gasteiger partial charge on any atom is 0.320 e.